The highest BCUT2D eigenvalue weighted by Crippen LogP contribution is 2.20. The summed E-state index contributed by atoms with van der Waals surface area (Å²) in [5.74, 6) is 0. The molecule has 0 radical (unpaired) electrons. The van der Waals surface area contributed by atoms with Gasteiger partial charge < -0.3 is 10.4 Å². The van der Waals surface area contributed by atoms with Crippen molar-refractivity contribution in [2.24, 2.45) is 0 Å². The average Bonchev–Trinajstić information content (AvgIpc) is 2.45. The van der Waals surface area contributed by atoms with Gasteiger partial charge >= 0.3 is 6.03 Å². The van der Waals surface area contributed by atoms with Crippen LogP contribution in [0.25, 0.3) is 0 Å². The molecule has 0 aliphatic heterocycles. The maximum absolute atomic E-state index is 11.5. The number of nitrogens with one attached hydrogen (secondary N) is 2. The topological polar surface area (TPSA) is 74.2 Å². The summed E-state index contributed by atoms with van der Waals surface area (Å²) in [6.07, 6.45) is 0.545. The highest BCUT2D eigenvalue weighted by atomic mass is 32.1. The SMILES string of the molecule is Cc1nc(NC(=O)NC(C)CCO)sc1C. The number of carbonyl (C=O) groups excluding carboxylic acids is 1. The number of aliphatic hydroxyl groups excluding tert-OH is 1. The summed E-state index contributed by atoms with van der Waals surface area (Å²) >= 11 is 1.45. The molecule has 6 heteroatoms. The van der Waals surface area contributed by atoms with Crippen LogP contribution in [0.5, 0.6) is 0 Å². The molecular formula is C10H17N3O2S. The minimum absolute atomic E-state index is 0.0489. The van der Waals surface area contributed by atoms with E-state index in [2.05, 4.69) is 15.6 Å². The number of urea groups is 1. The van der Waals surface area contributed by atoms with Gasteiger partial charge in [-0.3, -0.25) is 5.32 Å². The molecule has 0 saturated carbocycles. The lowest BCUT2D eigenvalue weighted by Gasteiger charge is -2.11. The minimum atomic E-state index is -0.283. The zero-order chi connectivity index (χ0) is 12.1. The van der Waals surface area contributed by atoms with E-state index in [1.807, 2.05) is 20.8 Å². The zero-order valence-electron chi connectivity index (χ0n) is 9.70. The van der Waals surface area contributed by atoms with Gasteiger partial charge in [-0.25, -0.2) is 9.78 Å². The van der Waals surface area contributed by atoms with E-state index in [4.69, 9.17) is 5.11 Å². The van der Waals surface area contributed by atoms with E-state index < -0.39 is 0 Å². The fraction of sp³-hybridized carbons (Fsp3) is 0.600. The van der Waals surface area contributed by atoms with Crippen LogP contribution in [0.3, 0.4) is 0 Å². The van der Waals surface area contributed by atoms with Crippen molar-refractivity contribution in [3.05, 3.63) is 10.6 Å². The molecular weight excluding hydrogens is 226 g/mol. The normalized spacial score (nSPS) is 12.2. The largest absolute Gasteiger partial charge is 0.396 e. The summed E-state index contributed by atoms with van der Waals surface area (Å²) < 4.78 is 0. The summed E-state index contributed by atoms with van der Waals surface area (Å²) in [6, 6.07) is -0.332. The van der Waals surface area contributed by atoms with Crippen molar-refractivity contribution in [2.45, 2.75) is 33.2 Å². The highest BCUT2D eigenvalue weighted by Gasteiger charge is 2.09. The van der Waals surface area contributed by atoms with E-state index in [0.717, 1.165) is 10.6 Å². The Kier molecular flexibility index (Phi) is 4.70. The highest BCUT2D eigenvalue weighted by molar-refractivity contribution is 7.15. The Morgan fingerprint density at radius 2 is 2.25 bits per heavy atom. The van der Waals surface area contributed by atoms with Gasteiger partial charge in [0.25, 0.3) is 0 Å². The number of aliphatic hydroxyl groups is 1. The van der Waals surface area contributed by atoms with Crippen LogP contribution in [-0.2, 0) is 0 Å². The minimum Gasteiger partial charge on any atom is -0.396 e. The number of aryl methyl sites for hydroxylation is 2. The van der Waals surface area contributed by atoms with Crippen LogP contribution < -0.4 is 10.6 Å². The van der Waals surface area contributed by atoms with Crippen LogP contribution in [0.2, 0.25) is 0 Å². The number of nitrogens with zero attached hydrogens (tertiary/aromatic N) is 1. The summed E-state index contributed by atoms with van der Waals surface area (Å²) in [5.41, 5.74) is 0.934. The summed E-state index contributed by atoms with van der Waals surface area (Å²) in [4.78, 5) is 16.8. The number of hydrogen-bond donors (Lipinski definition) is 3. The average molecular weight is 243 g/mol. The maximum atomic E-state index is 11.5. The third-order valence-electron chi connectivity index (χ3n) is 2.19. The van der Waals surface area contributed by atoms with Gasteiger partial charge in [0.15, 0.2) is 5.13 Å². The Labute approximate surface area is 98.9 Å². The summed E-state index contributed by atoms with van der Waals surface area (Å²) in [6.45, 7) is 5.78. The van der Waals surface area contributed by atoms with Gasteiger partial charge in [-0.1, -0.05) is 0 Å². The van der Waals surface area contributed by atoms with E-state index in [0.29, 0.717) is 11.6 Å². The molecule has 1 unspecified atom stereocenters. The molecule has 90 valence electrons. The van der Waals surface area contributed by atoms with Crippen molar-refractivity contribution < 1.29 is 9.90 Å². The van der Waals surface area contributed by atoms with Crippen LogP contribution in [0.4, 0.5) is 9.93 Å². The van der Waals surface area contributed by atoms with Crippen LogP contribution in [-0.4, -0.2) is 28.8 Å². The van der Waals surface area contributed by atoms with Crippen molar-refractivity contribution in [3.8, 4) is 0 Å². The van der Waals surface area contributed by atoms with Crippen LogP contribution >= 0.6 is 11.3 Å². The molecule has 2 amide bonds. The lowest BCUT2D eigenvalue weighted by atomic mass is 10.2. The van der Waals surface area contributed by atoms with E-state index >= 15 is 0 Å². The molecule has 0 spiro atoms. The second-order valence-corrected chi connectivity index (χ2v) is 4.88. The van der Waals surface area contributed by atoms with Crippen molar-refractivity contribution in [1.82, 2.24) is 10.3 Å². The molecule has 1 atom stereocenters. The molecule has 1 rings (SSSR count). The molecule has 0 aliphatic rings. The molecule has 0 bridgehead atoms. The Bertz CT molecular complexity index is 345. The third kappa shape index (κ3) is 3.79. The van der Waals surface area contributed by atoms with Crippen molar-refractivity contribution in [3.63, 3.8) is 0 Å². The van der Waals surface area contributed by atoms with Gasteiger partial charge in [0.1, 0.15) is 0 Å². The summed E-state index contributed by atoms with van der Waals surface area (Å²) in [5, 5.41) is 14.7. The second kappa shape index (κ2) is 5.81. The predicted molar refractivity (Wildman–Crippen MR) is 64.9 cm³/mol. The molecule has 5 nitrogen and oxygen atoms in total. The lowest BCUT2D eigenvalue weighted by Crippen LogP contribution is -2.36. The Morgan fingerprint density at radius 1 is 1.56 bits per heavy atom. The Balaban J connectivity index is 2.45. The van der Waals surface area contributed by atoms with Crippen LogP contribution in [0.1, 0.15) is 23.9 Å². The predicted octanol–water partition coefficient (Wildman–Crippen LogP) is 1.65. The van der Waals surface area contributed by atoms with E-state index in [1.165, 1.54) is 11.3 Å². The first-order chi connectivity index (χ1) is 7.52. The number of aromatic nitrogens is 1. The molecule has 3 N–H and O–H groups in total. The number of anilines is 1. The summed E-state index contributed by atoms with van der Waals surface area (Å²) in [7, 11) is 0. The molecule has 16 heavy (non-hydrogen) atoms. The van der Waals surface area contributed by atoms with Gasteiger partial charge in [0, 0.05) is 17.5 Å². The van der Waals surface area contributed by atoms with Crippen LogP contribution in [0, 0.1) is 13.8 Å². The number of amides is 2. The molecule has 0 aliphatic carbocycles. The standard InChI is InChI=1S/C10H17N3O2S/c1-6(4-5-14)11-9(15)13-10-12-7(2)8(3)16-10/h6,14H,4-5H2,1-3H3,(H2,11,12,13,15). The van der Waals surface area contributed by atoms with Crippen molar-refractivity contribution >= 4 is 22.5 Å². The van der Waals surface area contributed by atoms with E-state index in [-0.39, 0.29) is 18.7 Å². The smallest absolute Gasteiger partial charge is 0.321 e. The maximum Gasteiger partial charge on any atom is 0.321 e. The fourth-order valence-electron chi connectivity index (χ4n) is 1.15. The number of rotatable bonds is 4. The van der Waals surface area contributed by atoms with Crippen LogP contribution in [0.15, 0.2) is 0 Å². The first kappa shape index (κ1) is 12.9. The molecule has 1 aromatic heterocycles. The Hall–Kier alpha value is -1.14. The first-order valence-electron chi connectivity index (χ1n) is 5.15. The fourth-order valence-corrected chi connectivity index (χ4v) is 1.96. The molecule has 0 fully saturated rings. The van der Waals surface area contributed by atoms with Gasteiger partial charge in [-0.15, -0.1) is 11.3 Å². The lowest BCUT2D eigenvalue weighted by molar-refractivity contribution is 0.241. The van der Waals surface area contributed by atoms with Crippen molar-refractivity contribution in [2.75, 3.05) is 11.9 Å². The quantitative estimate of drug-likeness (QED) is 0.752. The molecule has 1 aromatic rings. The zero-order valence-corrected chi connectivity index (χ0v) is 10.5. The van der Waals surface area contributed by atoms with Gasteiger partial charge in [0.2, 0.25) is 0 Å². The molecule has 0 aromatic carbocycles. The van der Waals surface area contributed by atoms with Gasteiger partial charge in [-0.05, 0) is 27.2 Å². The van der Waals surface area contributed by atoms with E-state index in [9.17, 15) is 4.79 Å². The second-order valence-electron chi connectivity index (χ2n) is 3.67. The Morgan fingerprint density at radius 3 is 2.75 bits per heavy atom. The van der Waals surface area contributed by atoms with Gasteiger partial charge in [-0.2, -0.15) is 0 Å². The van der Waals surface area contributed by atoms with Crippen molar-refractivity contribution in [1.29, 1.82) is 0 Å². The number of hydrogen-bond acceptors (Lipinski definition) is 4. The monoisotopic (exact) mass is 243 g/mol. The molecule has 1 heterocycles. The first-order valence-corrected chi connectivity index (χ1v) is 5.97. The molecule has 0 saturated heterocycles. The number of thiazole rings is 1. The third-order valence-corrected chi connectivity index (χ3v) is 3.18. The van der Waals surface area contributed by atoms with E-state index in [1.54, 1.807) is 0 Å². The van der Waals surface area contributed by atoms with Gasteiger partial charge in [0.05, 0.1) is 5.69 Å². The number of carbonyl (C=O) groups is 1.